The molecular weight excluding hydrogens is 320 g/mol. The Morgan fingerprint density at radius 2 is 2.00 bits per heavy atom. The Labute approximate surface area is 148 Å². The maximum atomic E-state index is 12.6. The van der Waals surface area contributed by atoms with Gasteiger partial charge in [0.25, 0.3) is 0 Å². The molecule has 7 nitrogen and oxygen atoms in total. The van der Waals surface area contributed by atoms with E-state index < -0.39 is 0 Å². The largest absolute Gasteiger partial charge is 0.444 e. The molecule has 7 heteroatoms. The number of anilines is 1. The lowest BCUT2D eigenvalue weighted by molar-refractivity contribution is -0.130. The first-order valence-corrected chi connectivity index (χ1v) is 8.71. The fourth-order valence-electron chi connectivity index (χ4n) is 3.03. The molecule has 1 N–H and O–H groups in total. The Bertz CT molecular complexity index is 689. The molecule has 1 unspecified atom stereocenters. The van der Waals surface area contributed by atoms with Crippen LogP contribution >= 0.6 is 0 Å². The van der Waals surface area contributed by atoms with Crippen molar-refractivity contribution in [3.8, 4) is 6.07 Å². The number of rotatable bonds is 4. The van der Waals surface area contributed by atoms with Crippen LogP contribution in [0.25, 0.3) is 0 Å². The van der Waals surface area contributed by atoms with E-state index in [0.717, 1.165) is 25.1 Å². The van der Waals surface area contributed by atoms with E-state index in [-0.39, 0.29) is 23.7 Å². The summed E-state index contributed by atoms with van der Waals surface area (Å²) in [7, 11) is 0. The Morgan fingerprint density at radius 3 is 2.64 bits per heavy atom. The summed E-state index contributed by atoms with van der Waals surface area (Å²) in [6.07, 6.45) is 1.34. The van der Waals surface area contributed by atoms with E-state index in [1.165, 1.54) is 0 Å². The highest BCUT2D eigenvalue weighted by Gasteiger charge is 2.27. The molecule has 2 rings (SSSR count). The summed E-state index contributed by atoms with van der Waals surface area (Å²) >= 11 is 0. The quantitative estimate of drug-likeness (QED) is 0.901. The van der Waals surface area contributed by atoms with E-state index in [2.05, 4.69) is 16.3 Å². The minimum Gasteiger partial charge on any atom is -0.444 e. The van der Waals surface area contributed by atoms with Crippen LogP contribution in [-0.4, -0.2) is 53.8 Å². The van der Waals surface area contributed by atoms with Crippen molar-refractivity contribution in [2.75, 3.05) is 31.5 Å². The molecular formula is C18H26N4O3. The van der Waals surface area contributed by atoms with Crippen LogP contribution in [-0.2, 0) is 9.59 Å². The Hall–Kier alpha value is -2.33. The van der Waals surface area contributed by atoms with Crippen molar-refractivity contribution in [1.82, 2.24) is 9.80 Å². The standard InChI is InChI=1S/C18H26N4O3/c1-5-16(23)22-8-6-7-21(9-10-22)13(3)17(24)20-18-15(11-19)12(2)14(4)25-18/h13H,5-10H2,1-4H3,(H,20,24). The number of nitriles is 1. The molecule has 2 amide bonds. The van der Waals surface area contributed by atoms with Crippen LogP contribution in [0.3, 0.4) is 0 Å². The van der Waals surface area contributed by atoms with E-state index in [0.29, 0.717) is 30.8 Å². The highest BCUT2D eigenvalue weighted by Crippen LogP contribution is 2.25. The molecule has 1 atom stereocenters. The molecule has 0 spiro atoms. The zero-order valence-electron chi connectivity index (χ0n) is 15.4. The maximum Gasteiger partial charge on any atom is 0.243 e. The number of carbonyl (C=O) groups excluding carboxylic acids is 2. The minimum absolute atomic E-state index is 0.152. The molecule has 1 aromatic heterocycles. The van der Waals surface area contributed by atoms with Crippen LogP contribution in [0.4, 0.5) is 5.88 Å². The number of aryl methyl sites for hydroxylation is 1. The van der Waals surface area contributed by atoms with Crippen LogP contribution in [0.5, 0.6) is 0 Å². The number of carbonyl (C=O) groups is 2. The van der Waals surface area contributed by atoms with Gasteiger partial charge in [-0.1, -0.05) is 6.92 Å². The van der Waals surface area contributed by atoms with Gasteiger partial charge in [-0.2, -0.15) is 5.26 Å². The van der Waals surface area contributed by atoms with Crippen LogP contribution in [0.2, 0.25) is 0 Å². The van der Waals surface area contributed by atoms with Crippen LogP contribution in [0.1, 0.15) is 43.6 Å². The van der Waals surface area contributed by atoms with Crippen molar-refractivity contribution in [3.63, 3.8) is 0 Å². The third-order valence-corrected chi connectivity index (χ3v) is 4.85. The Kier molecular flexibility index (Phi) is 6.21. The molecule has 1 aliphatic rings. The normalized spacial score (nSPS) is 16.8. The smallest absolute Gasteiger partial charge is 0.243 e. The van der Waals surface area contributed by atoms with Crippen LogP contribution < -0.4 is 5.32 Å². The fourth-order valence-corrected chi connectivity index (χ4v) is 3.03. The number of furan rings is 1. The third-order valence-electron chi connectivity index (χ3n) is 4.85. The predicted molar refractivity (Wildman–Crippen MR) is 94.0 cm³/mol. The van der Waals surface area contributed by atoms with Crippen molar-refractivity contribution in [1.29, 1.82) is 5.26 Å². The number of nitrogens with one attached hydrogen (secondary N) is 1. The lowest BCUT2D eigenvalue weighted by Gasteiger charge is -2.26. The van der Waals surface area contributed by atoms with Crippen molar-refractivity contribution in [3.05, 3.63) is 16.9 Å². The molecule has 0 aliphatic carbocycles. The summed E-state index contributed by atoms with van der Waals surface area (Å²) in [4.78, 5) is 28.4. The number of nitrogens with zero attached hydrogens (tertiary/aromatic N) is 3. The highest BCUT2D eigenvalue weighted by atomic mass is 16.4. The molecule has 136 valence electrons. The first-order chi connectivity index (χ1) is 11.9. The van der Waals surface area contributed by atoms with E-state index in [4.69, 9.17) is 4.42 Å². The molecule has 2 heterocycles. The first-order valence-electron chi connectivity index (χ1n) is 8.71. The van der Waals surface area contributed by atoms with Crippen LogP contribution in [0, 0.1) is 25.2 Å². The number of hydrogen-bond donors (Lipinski definition) is 1. The molecule has 25 heavy (non-hydrogen) atoms. The van der Waals surface area contributed by atoms with E-state index in [1.54, 1.807) is 13.8 Å². The summed E-state index contributed by atoms with van der Waals surface area (Å²) in [6.45, 7) is 10.0. The van der Waals surface area contributed by atoms with Gasteiger partial charge in [0.05, 0.1) is 6.04 Å². The molecule has 0 bridgehead atoms. The summed E-state index contributed by atoms with van der Waals surface area (Å²) < 4.78 is 5.51. The van der Waals surface area contributed by atoms with Gasteiger partial charge in [-0.15, -0.1) is 0 Å². The molecule has 0 aromatic carbocycles. The number of hydrogen-bond acceptors (Lipinski definition) is 5. The predicted octanol–water partition coefficient (Wildman–Crippen LogP) is 2.04. The van der Waals surface area contributed by atoms with Gasteiger partial charge in [0, 0.05) is 38.2 Å². The summed E-state index contributed by atoms with van der Waals surface area (Å²) in [6, 6.07) is 1.71. The van der Waals surface area contributed by atoms with E-state index >= 15 is 0 Å². The second kappa shape index (κ2) is 8.17. The molecule has 1 saturated heterocycles. The SMILES string of the molecule is CCC(=O)N1CCCN(C(C)C(=O)Nc2oc(C)c(C)c2C#N)CC1. The van der Waals surface area contributed by atoms with Crippen molar-refractivity contribution in [2.24, 2.45) is 0 Å². The minimum atomic E-state index is -0.367. The van der Waals surface area contributed by atoms with Gasteiger partial charge in [-0.25, -0.2) is 0 Å². The first kappa shape index (κ1) is 19.0. The molecule has 0 radical (unpaired) electrons. The van der Waals surface area contributed by atoms with Gasteiger partial charge in [0.15, 0.2) is 0 Å². The van der Waals surface area contributed by atoms with Gasteiger partial charge in [0.2, 0.25) is 17.7 Å². The highest BCUT2D eigenvalue weighted by molar-refractivity contribution is 5.94. The molecule has 0 saturated carbocycles. The monoisotopic (exact) mass is 346 g/mol. The third kappa shape index (κ3) is 4.20. The van der Waals surface area contributed by atoms with Gasteiger partial charge in [-0.05, 0) is 27.2 Å². The van der Waals surface area contributed by atoms with E-state index in [9.17, 15) is 14.9 Å². The van der Waals surface area contributed by atoms with Crippen LogP contribution in [0.15, 0.2) is 4.42 Å². The molecule has 1 aromatic rings. The summed E-state index contributed by atoms with van der Waals surface area (Å²) in [5.74, 6) is 0.787. The van der Waals surface area contributed by atoms with Crippen molar-refractivity contribution in [2.45, 2.75) is 46.6 Å². The van der Waals surface area contributed by atoms with Crippen molar-refractivity contribution < 1.29 is 14.0 Å². The Morgan fingerprint density at radius 1 is 1.28 bits per heavy atom. The average molecular weight is 346 g/mol. The molecule has 1 aliphatic heterocycles. The Balaban J connectivity index is 2.02. The average Bonchev–Trinajstić information content (AvgIpc) is 2.78. The second-order valence-electron chi connectivity index (χ2n) is 6.39. The van der Waals surface area contributed by atoms with E-state index in [1.807, 2.05) is 18.7 Å². The van der Waals surface area contributed by atoms with Gasteiger partial charge >= 0.3 is 0 Å². The number of amides is 2. The molecule has 1 fully saturated rings. The topological polar surface area (TPSA) is 89.6 Å². The summed E-state index contributed by atoms with van der Waals surface area (Å²) in [5, 5.41) is 12.0. The van der Waals surface area contributed by atoms with Gasteiger partial charge in [-0.3, -0.25) is 19.8 Å². The van der Waals surface area contributed by atoms with Gasteiger partial charge < -0.3 is 9.32 Å². The van der Waals surface area contributed by atoms with Gasteiger partial charge in [0.1, 0.15) is 17.4 Å². The lowest BCUT2D eigenvalue weighted by atomic mass is 10.2. The second-order valence-corrected chi connectivity index (χ2v) is 6.39. The zero-order valence-corrected chi connectivity index (χ0v) is 15.4. The summed E-state index contributed by atoms with van der Waals surface area (Å²) in [5.41, 5.74) is 1.11. The maximum absolute atomic E-state index is 12.6. The fraction of sp³-hybridized carbons (Fsp3) is 0.611. The van der Waals surface area contributed by atoms with Crippen molar-refractivity contribution >= 4 is 17.7 Å². The lowest BCUT2D eigenvalue weighted by Crippen LogP contribution is -2.44. The zero-order chi connectivity index (χ0) is 18.6.